The Kier molecular flexibility index (Phi) is 2.78. The number of carboxylic acids is 1. The summed E-state index contributed by atoms with van der Waals surface area (Å²) in [6.07, 6.45) is -5.29. The second-order valence-electron chi connectivity index (χ2n) is 2.79. The van der Waals surface area contributed by atoms with Crippen molar-refractivity contribution in [3.05, 3.63) is 35.4 Å². The van der Waals surface area contributed by atoms with Crippen LogP contribution in [0.1, 0.15) is 15.9 Å². The number of rotatable bonds is 2. The Morgan fingerprint density at radius 1 is 1.21 bits per heavy atom. The molecule has 0 saturated heterocycles. The Bertz CT molecular complexity index is 327. The monoisotopic (exact) mass is 204 g/mol. The highest BCUT2D eigenvalue weighted by molar-refractivity contribution is 5.87. The quantitative estimate of drug-likeness (QED) is 0.803. The second kappa shape index (κ2) is 3.69. The minimum Gasteiger partial charge on any atom is -0.478 e. The van der Waals surface area contributed by atoms with Crippen molar-refractivity contribution in [2.45, 2.75) is 12.6 Å². The molecule has 76 valence electrons. The highest BCUT2D eigenvalue weighted by atomic mass is 19.4. The number of carbonyl (C=O) groups is 1. The Morgan fingerprint density at radius 3 is 2.07 bits per heavy atom. The van der Waals surface area contributed by atoms with Crippen molar-refractivity contribution in [3.63, 3.8) is 0 Å². The molecule has 0 aliphatic heterocycles. The van der Waals surface area contributed by atoms with Crippen LogP contribution in [-0.4, -0.2) is 17.3 Å². The van der Waals surface area contributed by atoms with Crippen LogP contribution in [0.4, 0.5) is 13.2 Å². The zero-order valence-electron chi connectivity index (χ0n) is 7.01. The van der Waals surface area contributed by atoms with Gasteiger partial charge in [0, 0.05) is 0 Å². The topological polar surface area (TPSA) is 37.3 Å². The van der Waals surface area contributed by atoms with E-state index in [-0.39, 0.29) is 11.1 Å². The molecule has 1 N–H and O–H groups in total. The number of benzene rings is 1. The van der Waals surface area contributed by atoms with Gasteiger partial charge >= 0.3 is 12.1 Å². The maximum Gasteiger partial charge on any atom is 0.393 e. The molecule has 0 unspecified atom stereocenters. The van der Waals surface area contributed by atoms with Crippen molar-refractivity contribution in [2.24, 2.45) is 0 Å². The first-order valence-corrected chi connectivity index (χ1v) is 3.77. The number of alkyl halides is 3. The van der Waals surface area contributed by atoms with Crippen LogP contribution >= 0.6 is 0 Å². The van der Waals surface area contributed by atoms with Gasteiger partial charge in [-0.3, -0.25) is 0 Å². The molecule has 0 radical (unpaired) electrons. The molecule has 0 saturated carbocycles. The summed E-state index contributed by atoms with van der Waals surface area (Å²) in [7, 11) is 0. The SMILES string of the molecule is O=C(O)c1ccc(CC(F)(F)F)cc1. The standard InChI is InChI=1S/C9H7F3O2/c10-9(11,12)5-6-1-3-7(4-2-6)8(13)14/h1-4H,5H2,(H,13,14). The van der Waals surface area contributed by atoms with Crippen LogP contribution in [0.15, 0.2) is 24.3 Å². The van der Waals surface area contributed by atoms with Gasteiger partial charge in [-0.15, -0.1) is 0 Å². The molecule has 14 heavy (non-hydrogen) atoms. The van der Waals surface area contributed by atoms with E-state index in [0.717, 1.165) is 24.3 Å². The normalized spacial score (nSPS) is 11.4. The smallest absolute Gasteiger partial charge is 0.393 e. The summed E-state index contributed by atoms with van der Waals surface area (Å²) < 4.78 is 35.7. The molecule has 0 heterocycles. The molecule has 0 aliphatic rings. The molecule has 1 aromatic carbocycles. The van der Waals surface area contributed by atoms with E-state index < -0.39 is 18.6 Å². The van der Waals surface area contributed by atoms with Crippen LogP contribution in [0.25, 0.3) is 0 Å². The number of aromatic carboxylic acids is 1. The molecule has 1 rings (SSSR count). The number of halogens is 3. The summed E-state index contributed by atoms with van der Waals surface area (Å²) >= 11 is 0. The summed E-state index contributed by atoms with van der Waals surface area (Å²) in [6.45, 7) is 0. The molecule has 1 aromatic rings. The van der Waals surface area contributed by atoms with Gasteiger partial charge < -0.3 is 5.11 Å². The van der Waals surface area contributed by atoms with Gasteiger partial charge in [-0.05, 0) is 17.7 Å². The maximum atomic E-state index is 11.9. The van der Waals surface area contributed by atoms with Gasteiger partial charge in [-0.25, -0.2) is 4.79 Å². The predicted molar refractivity (Wildman–Crippen MR) is 43.2 cm³/mol. The van der Waals surface area contributed by atoms with E-state index >= 15 is 0 Å². The van der Waals surface area contributed by atoms with Crippen molar-refractivity contribution < 1.29 is 23.1 Å². The van der Waals surface area contributed by atoms with Crippen molar-refractivity contribution in [1.29, 1.82) is 0 Å². The van der Waals surface area contributed by atoms with Crippen molar-refractivity contribution in [3.8, 4) is 0 Å². The molecule has 2 nitrogen and oxygen atoms in total. The zero-order chi connectivity index (χ0) is 10.8. The summed E-state index contributed by atoms with van der Waals surface area (Å²) in [5.41, 5.74) is 0.0402. The van der Waals surface area contributed by atoms with Crippen LogP contribution < -0.4 is 0 Å². The largest absolute Gasteiger partial charge is 0.478 e. The predicted octanol–water partition coefficient (Wildman–Crippen LogP) is 2.49. The van der Waals surface area contributed by atoms with Crippen molar-refractivity contribution in [2.75, 3.05) is 0 Å². The van der Waals surface area contributed by atoms with Crippen LogP contribution in [0.5, 0.6) is 0 Å². The lowest BCUT2D eigenvalue weighted by atomic mass is 10.1. The first kappa shape index (κ1) is 10.6. The lowest BCUT2D eigenvalue weighted by molar-refractivity contribution is -0.127. The first-order chi connectivity index (χ1) is 6.38. The fourth-order valence-corrected chi connectivity index (χ4v) is 0.997. The van der Waals surface area contributed by atoms with E-state index in [4.69, 9.17) is 5.11 Å². The first-order valence-electron chi connectivity index (χ1n) is 3.77. The molecule has 0 bridgehead atoms. The third-order valence-corrected chi connectivity index (χ3v) is 1.61. The molecule has 0 fully saturated rings. The van der Waals surface area contributed by atoms with Gasteiger partial charge in [-0.2, -0.15) is 13.2 Å². The highest BCUT2D eigenvalue weighted by Crippen LogP contribution is 2.21. The molecule has 0 amide bonds. The Balaban J connectivity index is 2.79. The Labute approximate surface area is 78.0 Å². The lowest BCUT2D eigenvalue weighted by Gasteiger charge is -2.05. The maximum absolute atomic E-state index is 11.9. The fourth-order valence-electron chi connectivity index (χ4n) is 0.997. The Hall–Kier alpha value is -1.52. The van der Waals surface area contributed by atoms with E-state index in [0.29, 0.717) is 0 Å². The van der Waals surface area contributed by atoms with Gasteiger partial charge in [0.05, 0.1) is 12.0 Å². The van der Waals surface area contributed by atoms with Crippen molar-refractivity contribution >= 4 is 5.97 Å². The van der Waals surface area contributed by atoms with E-state index in [2.05, 4.69) is 0 Å². The summed E-state index contributed by atoms with van der Waals surface area (Å²) in [6, 6.07) is 4.64. The molecular formula is C9H7F3O2. The minimum absolute atomic E-state index is 0.0177. The van der Waals surface area contributed by atoms with Gasteiger partial charge in [0.25, 0.3) is 0 Å². The third-order valence-electron chi connectivity index (χ3n) is 1.61. The molecule has 0 atom stereocenters. The second-order valence-corrected chi connectivity index (χ2v) is 2.79. The summed E-state index contributed by atoms with van der Waals surface area (Å²) in [5.74, 6) is -1.15. The molecule has 0 aliphatic carbocycles. The molecule has 0 spiro atoms. The van der Waals surface area contributed by atoms with E-state index in [1.807, 2.05) is 0 Å². The number of hydrogen-bond donors (Lipinski definition) is 1. The molecule has 0 aromatic heterocycles. The summed E-state index contributed by atoms with van der Waals surface area (Å²) in [4.78, 5) is 10.4. The van der Waals surface area contributed by atoms with Crippen LogP contribution in [0, 0.1) is 0 Å². The molecular weight excluding hydrogens is 197 g/mol. The zero-order valence-corrected chi connectivity index (χ0v) is 7.01. The highest BCUT2D eigenvalue weighted by Gasteiger charge is 2.27. The van der Waals surface area contributed by atoms with E-state index in [9.17, 15) is 18.0 Å². The van der Waals surface area contributed by atoms with Crippen LogP contribution in [0.3, 0.4) is 0 Å². The fraction of sp³-hybridized carbons (Fsp3) is 0.222. The van der Waals surface area contributed by atoms with Gasteiger partial charge in [0.15, 0.2) is 0 Å². The summed E-state index contributed by atoms with van der Waals surface area (Å²) in [5, 5.41) is 8.49. The molecule has 5 heteroatoms. The van der Waals surface area contributed by atoms with Crippen LogP contribution in [-0.2, 0) is 6.42 Å². The van der Waals surface area contributed by atoms with E-state index in [1.54, 1.807) is 0 Å². The van der Waals surface area contributed by atoms with Crippen LogP contribution in [0.2, 0.25) is 0 Å². The number of carboxylic acid groups (broad SMARTS) is 1. The average Bonchev–Trinajstić information content (AvgIpc) is 2.02. The average molecular weight is 204 g/mol. The third kappa shape index (κ3) is 3.08. The van der Waals surface area contributed by atoms with Crippen molar-refractivity contribution in [1.82, 2.24) is 0 Å². The number of hydrogen-bond acceptors (Lipinski definition) is 1. The van der Waals surface area contributed by atoms with Gasteiger partial charge in [0.1, 0.15) is 0 Å². The van der Waals surface area contributed by atoms with Gasteiger partial charge in [0.2, 0.25) is 0 Å². The lowest BCUT2D eigenvalue weighted by Crippen LogP contribution is -2.11. The van der Waals surface area contributed by atoms with E-state index in [1.165, 1.54) is 0 Å². The van der Waals surface area contributed by atoms with Gasteiger partial charge in [-0.1, -0.05) is 12.1 Å². The Morgan fingerprint density at radius 2 is 1.71 bits per heavy atom. The minimum atomic E-state index is -4.26.